The van der Waals surface area contributed by atoms with Gasteiger partial charge in [-0.1, -0.05) is 0 Å². The molecule has 1 aromatic carbocycles. The number of aromatic nitrogens is 3. The molecular weight excluding hydrogens is 271 g/mol. The number of nitrogens with zero attached hydrogens (tertiary/aromatic N) is 2. The van der Waals surface area contributed by atoms with Crippen LogP contribution in [0.25, 0.3) is 11.4 Å². The lowest BCUT2D eigenvalue weighted by Crippen LogP contribution is -2.05. The van der Waals surface area contributed by atoms with Gasteiger partial charge in [-0.2, -0.15) is 18.3 Å². The largest absolute Gasteiger partial charge is 0.507 e. The quantitative estimate of drug-likeness (QED) is 0.830. The molecule has 0 radical (unpaired) electrons. The molecule has 0 amide bonds. The van der Waals surface area contributed by atoms with Crippen molar-refractivity contribution in [3.63, 3.8) is 0 Å². The standard InChI is InChI=1S/C10H7ClF3N3O/c11-4-8-15-9(17-16-8)5-1-2-7(18)6(3-5)10(12,13)14/h1-3,18H,4H2,(H,15,16,17). The number of alkyl halides is 4. The highest BCUT2D eigenvalue weighted by Gasteiger charge is 2.34. The van der Waals surface area contributed by atoms with Crippen molar-refractivity contribution >= 4 is 11.6 Å². The summed E-state index contributed by atoms with van der Waals surface area (Å²) in [5.41, 5.74) is -0.982. The van der Waals surface area contributed by atoms with Gasteiger partial charge in [-0.15, -0.1) is 11.6 Å². The van der Waals surface area contributed by atoms with Gasteiger partial charge in [-0.3, -0.25) is 5.10 Å². The van der Waals surface area contributed by atoms with Crippen molar-refractivity contribution in [3.05, 3.63) is 29.6 Å². The van der Waals surface area contributed by atoms with Crippen molar-refractivity contribution in [3.8, 4) is 17.1 Å². The molecule has 0 aliphatic heterocycles. The maximum absolute atomic E-state index is 12.6. The molecule has 0 bridgehead atoms. The van der Waals surface area contributed by atoms with Crippen molar-refractivity contribution in [2.45, 2.75) is 12.1 Å². The summed E-state index contributed by atoms with van der Waals surface area (Å²) >= 11 is 5.50. The molecule has 96 valence electrons. The maximum Gasteiger partial charge on any atom is 0.419 e. The minimum Gasteiger partial charge on any atom is -0.507 e. The summed E-state index contributed by atoms with van der Waals surface area (Å²) in [5.74, 6) is -0.305. The molecule has 1 heterocycles. The monoisotopic (exact) mass is 277 g/mol. The fourth-order valence-electron chi connectivity index (χ4n) is 1.39. The summed E-state index contributed by atoms with van der Waals surface area (Å²) < 4.78 is 37.8. The zero-order valence-electron chi connectivity index (χ0n) is 8.79. The SMILES string of the molecule is Oc1ccc(-c2n[nH]c(CCl)n2)cc1C(F)(F)F. The normalized spacial score (nSPS) is 11.8. The number of nitrogens with one attached hydrogen (secondary N) is 1. The third-order valence-corrected chi connectivity index (χ3v) is 2.47. The third-order valence-electron chi connectivity index (χ3n) is 2.22. The minimum atomic E-state index is -4.63. The van der Waals surface area contributed by atoms with Crippen LogP contribution in [-0.4, -0.2) is 20.3 Å². The smallest absolute Gasteiger partial charge is 0.419 e. The van der Waals surface area contributed by atoms with Crippen LogP contribution in [-0.2, 0) is 12.1 Å². The average molecular weight is 278 g/mol. The number of phenols is 1. The van der Waals surface area contributed by atoms with Gasteiger partial charge in [-0.25, -0.2) is 4.98 Å². The van der Waals surface area contributed by atoms with Crippen molar-refractivity contribution in [2.24, 2.45) is 0 Å². The Bertz CT molecular complexity index is 568. The lowest BCUT2D eigenvalue weighted by molar-refractivity contribution is -0.138. The molecule has 0 aliphatic rings. The van der Waals surface area contributed by atoms with E-state index in [4.69, 9.17) is 11.6 Å². The van der Waals surface area contributed by atoms with Crippen LogP contribution in [0, 0.1) is 0 Å². The second-order valence-electron chi connectivity index (χ2n) is 3.47. The Morgan fingerprint density at radius 2 is 2.06 bits per heavy atom. The van der Waals surface area contributed by atoms with E-state index in [2.05, 4.69) is 15.2 Å². The number of hydrogen-bond donors (Lipinski definition) is 2. The summed E-state index contributed by atoms with van der Waals surface area (Å²) in [4.78, 5) is 3.90. The van der Waals surface area contributed by atoms with Gasteiger partial charge in [0.1, 0.15) is 11.6 Å². The van der Waals surface area contributed by atoms with Crippen molar-refractivity contribution in [1.29, 1.82) is 0 Å². The first kappa shape index (κ1) is 12.7. The van der Waals surface area contributed by atoms with Gasteiger partial charge in [0.05, 0.1) is 11.4 Å². The zero-order valence-corrected chi connectivity index (χ0v) is 9.55. The van der Waals surface area contributed by atoms with E-state index in [-0.39, 0.29) is 17.3 Å². The van der Waals surface area contributed by atoms with E-state index in [9.17, 15) is 18.3 Å². The number of aromatic hydroxyl groups is 1. The highest BCUT2D eigenvalue weighted by Crippen LogP contribution is 2.37. The van der Waals surface area contributed by atoms with Crippen molar-refractivity contribution < 1.29 is 18.3 Å². The second-order valence-corrected chi connectivity index (χ2v) is 3.74. The fraction of sp³-hybridized carbons (Fsp3) is 0.200. The zero-order chi connectivity index (χ0) is 13.3. The van der Waals surface area contributed by atoms with Gasteiger partial charge < -0.3 is 5.11 Å². The highest BCUT2D eigenvalue weighted by atomic mass is 35.5. The number of H-pyrrole nitrogens is 1. The first-order chi connectivity index (χ1) is 8.41. The van der Waals surface area contributed by atoms with E-state index >= 15 is 0 Å². The van der Waals surface area contributed by atoms with E-state index in [0.717, 1.165) is 12.1 Å². The van der Waals surface area contributed by atoms with Gasteiger partial charge in [0.15, 0.2) is 5.82 Å². The molecule has 0 saturated heterocycles. The summed E-state index contributed by atoms with van der Waals surface area (Å²) in [6.45, 7) is 0. The molecule has 0 aliphatic carbocycles. The average Bonchev–Trinajstić information content (AvgIpc) is 2.76. The third kappa shape index (κ3) is 2.40. The van der Waals surface area contributed by atoms with E-state index in [0.29, 0.717) is 5.82 Å². The molecular formula is C10H7ClF3N3O. The molecule has 0 unspecified atom stereocenters. The fourth-order valence-corrected chi connectivity index (χ4v) is 1.51. The van der Waals surface area contributed by atoms with Crippen LogP contribution in [0.2, 0.25) is 0 Å². The predicted octanol–water partition coefficient (Wildman–Crippen LogP) is 2.93. The lowest BCUT2D eigenvalue weighted by atomic mass is 10.1. The Kier molecular flexibility index (Phi) is 3.16. The molecule has 0 saturated carbocycles. The van der Waals surface area contributed by atoms with Gasteiger partial charge in [0, 0.05) is 5.56 Å². The van der Waals surface area contributed by atoms with E-state index in [1.807, 2.05) is 0 Å². The maximum atomic E-state index is 12.6. The van der Waals surface area contributed by atoms with Crippen LogP contribution in [0.1, 0.15) is 11.4 Å². The van der Waals surface area contributed by atoms with Crippen LogP contribution >= 0.6 is 11.6 Å². The van der Waals surface area contributed by atoms with E-state index in [1.54, 1.807) is 0 Å². The van der Waals surface area contributed by atoms with Crippen LogP contribution in [0.5, 0.6) is 5.75 Å². The Morgan fingerprint density at radius 3 is 2.61 bits per heavy atom. The Hall–Kier alpha value is -1.76. The topological polar surface area (TPSA) is 61.8 Å². The molecule has 2 N–H and O–H groups in total. The Morgan fingerprint density at radius 1 is 1.33 bits per heavy atom. The number of aromatic amines is 1. The summed E-state index contributed by atoms with van der Waals surface area (Å²) in [5, 5.41) is 15.4. The second kappa shape index (κ2) is 4.49. The molecule has 0 spiro atoms. The lowest BCUT2D eigenvalue weighted by Gasteiger charge is -2.09. The van der Waals surface area contributed by atoms with Gasteiger partial charge in [0.2, 0.25) is 0 Å². The minimum absolute atomic E-state index is 0.0806. The molecule has 4 nitrogen and oxygen atoms in total. The Balaban J connectivity index is 2.47. The molecule has 0 atom stereocenters. The molecule has 2 aromatic rings. The van der Waals surface area contributed by atoms with E-state index < -0.39 is 17.5 Å². The highest BCUT2D eigenvalue weighted by molar-refractivity contribution is 6.16. The van der Waals surface area contributed by atoms with Crippen LogP contribution in [0.15, 0.2) is 18.2 Å². The van der Waals surface area contributed by atoms with Gasteiger partial charge in [0.25, 0.3) is 0 Å². The number of halogens is 4. The number of benzene rings is 1. The van der Waals surface area contributed by atoms with Crippen molar-refractivity contribution in [2.75, 3.05) is 0 Å². The predicted molar refractivity (Wildman–Crippen MR) is 58.0 cm³/mol. The molecule has 1 aromatic heterocycles. The van der Waals surface area contributed by atoms with Crippen LogP contribution < -0.4 is 0 Å². The number of hydrogen-bond acceptors (Lipinski definition) is 3. The Labute approximate surface area is 104 Å². The summed E-state index contributed by atoms with van der Waals surface area (Å²) in [7, 11) is 0. The summed E-state index contributed by atoms with van der Waals surface area (Å²) in [6, 6.07) is 3.04. The van der Waals surface area contributed by atoms with E-state index in [1.165, 1.54) is 6.07 Å². The molecule has 18 heavy (non-hydrogen) atoms. The van der Waals surface area contributed by atoms with Crippen molar-refractivity contribution in [1.82, 2.24) is 15.2 Å². The molecule has 2 rings (SSSR count). The van der Waals surface area contributed by atoms with Crippen LogP contribution in [0.3, 0.4) is 0 Å². The molecule has 0 fully saturated rings. The van der Waals surface area contributed by atoms with Gasteiger partial charge >= 0.3 is 6.18 Å². The first-order valence-electron chi connectivity index (χ1n) is 4.79. The summed E-state index contributed by atoms with van der Waals surface area (Å²) in [6.07, 6.45) is -4.63. The van der Waals surface area contributed by atoms with Crippen LogP contribution in [0.4, 0.5) is 13.2 Å². The number of phenolic OH excluding ortho intramolecular Hbond substituents is 1. The molecule has 8 heteroatoms. The first-order valence-corrected chi connectivity index (χ1v) is 5.33. The number of rotatable bonds is 2. The van der Waals surface area contributed by atoms with Gasteiger partial charge in [-0.05, 0) is 18.2 Å².